The fourth-order valence-electron chi connectivity index (χ4n) is 3.01. The number of morpholine rings is 1. The van der Waals surface area contributed by atoms with Gasteiger partial charge in [-0.1, -0.05) is 24.3 Å². The molecule has 0 radical (unpaired) electrons. The standard InChI is InChI=1S/C19H25FN4OS/c1-21-19(22-13-15-5-2-3-6-16(15)20)23-14-17(18-7-4-12-26-18)24-8-10-25-11-9-24/h2-7,12,17H,8-11,13-14H2,1H3,(H2,21,22,23). The van der Waals surface area contributed by atoms with E-state index in [0.29, 0.717) is 18.1 Å². The zero-order valence-corrected chi connectivity index (χ0v) is 15.8. The van der Waals surface area contributed by atoms with E-state index in [9.17, 15) is 4.39 Å². The zero-order valence-electron chi connectivity index (χ0n) is 15.0. The van der Waals surface area contributed by atoms with Gasteiger partial charge >= 0.3 is 0 Å². The van der Waals surface area contributed by atoms with E-state index in [1.165, 1.54) is 10.9 Å². The molecule has 2 N–H and O–H groups in total. The third-order valence-corrected chi connectivity index (χ3v) is 5.42. The molecule has 1 aliphatic heterocycles. The third kappa shape index (κ3) is 5.03. The lowest BCUT2D eigenvalue weighted by atomic mass is 10.2. The molecule has 1 saturated heterocycles. The Morgan fingerprint density at radius 2 is 2.04 bits per heavy atom. The summed E-state index contributed by atoms with van der Waals surface area (Å²) in [5.74, 6) is 0.461. The molecule has 140 valence electrons. The van der Waals surface area contributed by atoms with Gasteiger partial charge in [-0.2, -0.15) is 0 Å². The summed E-state index contributed by atoms with van der Waals surface area (Å²) in [6.07, 6.45) is 0. The van der Waals surface area contributed by atoms with Crippen molar-refractivity contribution < 1.29 is 9.13 Å². The Hall–Kier alpha value is -1.96. The molecule has 26 heavy (non-hydrogen) atoms. The molecule has 5 nitrogen and oxygen atoms in total. The Bertz CT molecular complexity index is 701. The van der Waals surface area contributed by atoms with Crippen LogP contribution in [0.5, 0.6) is 0 Å². The van der Waals surface area contributed by atoms with Gasteiger partial charge < -0.3 is 15.4 Å². The van der Waals surface area contributed by atoms with Crippen LogP contribution in [0.25, 0.3) is 0 Å². The van der Waals surface area contributed by atoms with Gasteiger partial charge in [-0.05, 0) is 17.5 Å². The molecule has 0 spiro atoms. The van der Waals surface area contributed by atoms with Crippen LogP contribution in [0.15, 0.2) is 46.8 Å². The first kappa shape index (κ1) is 18.8. The predicted octanol–water partition coefficient (Wildman–Crippen LogP) is 2.63. The first-order chi connectivity index (χ1) is 12.8. The molecule has 1 aromatic carbocycles. The maximum absolute atomic E-state index is 13.8. The van der Waals surface area contributed by atoms with Crippen molar-refractivity contribution >= 4 is 17.3 Å². The molecule has 1 unspecified atom stereocenters. The van der Waals surface area contributed by atoms with Gasteiger partial charge in [0.25, 0.3) is 0 Å². The van der Waals surface area contributed by atoms with Gasteiger partial charge in [-0.25, -0.2) is 4.39 Å². The molecule has 0 aliphatic carbocycles. The maximum atomic E-state index is 13.8. The molecule has 2 heterocycles. The number of hydrogen-bond donors (Lipinski definition) is 2. The van der Waals surface area contributed by atoms with Crippen LogP contribution in [-0.4, -0.2) is 50.8 Å². The average Bonchev–Trinajstić information content (AvgIpc) is 3.21. The van der Waals surface area contributed by atoms with Crippen LogP contribution >= 0.6 is 11.3 Å². The topological polar surface area (TPSA) is 48.9 Å². The fraction of sp³-hybridized carbons (Fsp3) is 0.421. The normalized spacial score (nSPS) is 17.1. The Balaban J connectivity index is 1.59. The van der Waals surface area contributed by atoms with E-state index < -0.39 is 0 Å². The molecular weight excluding hydrogens is 351 g/mol. The highest BCUT2D eigenvalue weighted by Crippen LogP contribution is 2.25. The highest BCUT2D eigenvalue weighted by molar-refractivity contribution is 7.10. The molecule has 0 saturated carbocycles. The summed E-state index contributed by atoms with van der Waals surface area (Å²) in [7, 11) is 1.73. The van der Waals surface area contributed by atoms with Crippen molar-refractivity contribution in [1.82, 2.24) is 15.5 Å². The quantitative estimate of drug-likeness (QED) is 0.601. The first-order valence-corrected chi connectivity index (χ1v) is 9.69. The number of nitrogens with one attached hydrogen (secondary N) is 2. The van der Waals surface area contributed by atoms with Crippen molar-refractivity contribution in [3.05, 3.63) is 58.0 Å². The molecule has 1 aliphatic rings. The lowest BCUT2D eigenvalue weighted by molar-refractivity contribution is 0.0177. The van der Waals surface area contributed by atoms with E-state index in [0.717, 1.165) is 32.8 Å². The fourth-order valence-corrected chi connectivity index (χ4v) is 3.88. The minimum Gasteiger partial charge on any atom is -0.379 e. The number of nitrogens with zero attached hydrogens (tertiary/aromatic N) is 2. The van der Waals surface area contributed by atoms with Crippen LogP contribution in [0.3, 0.4) is 0 Å². The lowest BCUT2D eigenvalue weighted by Crippen LogP contribution is -2.46. The zero-order chi connectivity index (χ0) is 18.2. The number of guanidine groups is 1. The van der Waals surface area contributed by atoms with Gasteiger partial charge in [0.2, 0.25) is 0 Å². The highest BCUT2D eigenvalue weighted by atomic mass is 32.1. The first-order valence-electron chi connectivity index (χ1n) is 8.81. The van der Waals surface area contributed by atoms with Crippen LogP contribution < -0.4 is 10.6 Å². The van der Waals surface area contributed by atoms with E-state index in [1.807, 2.05) is 6.07 Å². The number of aliphatic imine (C=N–C) groups is 1. The largest absolute Gasteiger partial charge is 0.379 e. The number of halogens is 1. The van der Waals surface area contributed by atoms with E-state index in [-0.39, 0.29) is 11.9 Å². The summed E-state index contributed by atoms with van der Waals surface area (Å²) in [4.78, 5) is 8.02. The van der Waals surface area contributed by atoms with Crippen molar-refractivity contribution in [2.24, 2.45) is 4.99 Å². The maximum Gasteiger partial charge on any atom is 0.191 e. The Labute approximate surface area is 157 Å². The molecule has 2 aromatic rings. The number of ether oxygens (including phenoxy) is 1. The molecule has 1 atom stereocenters. The van der Waals surface area contributed by atoms with E-state index in [2.05, 4.69) is 38.0 Å². The molecule has 0 amide bonds. The van der Waals surface area contributed by atoms with Crippen molar-refractivity contribution in [1.29, 1.82) is 0 Å². The van der Waals surface area contributed by atoms with E-state index >= 15 is 0 Å². The second-order valence-corrected chi connectivity index (χ2v) is 7.06. The summed E-state index contributed by atoms with van der Waals surface area (Å²) in [5.41, 5.74) is 0.624. The van der Waals surface area contributed by atoms with Gasteiger partial charge in [-0.15, -0.1) is 11.3 Å². The molecule has 3 rings (SSSR count). The van der Waals surface area contributed by atoms with Crippen LogP contribution in [-0.2, 0) is 11.3 Å². The Kier molecular flexibility index (Phi) is 6.99. The molecular formula is C19H25FN4OS. The summed E-state index contributed by atoms with van der Waals surface area (Å²) in [6.45, 7) is 4.51. The van der Waals surface area contributed by atoms with Crippen molar-refractivity contribution in [3.63, 3.8) is 0 Å². The second-order valence-electron chi connectivity index (χ2n) is 6.08. The van der Waals surface area contributed by atoms with Gasteiger partial charge in [-0.3, -0.25) is 9.89 Å². The highest BCUT2D eigenvalue weighted by Gasteiger charge is 2.23. The summed E-state index contributed by atoms with van der Waals surface area (Å²) in [5, 5.41) is 8.68. The molecule has 1 fully saturated rings. The minimum atomic E-state index is -0.208. The van der Waals surface area contributed by atoms with Crippen LogP contribution in [0, 0.1) is 5.82 Å². The van der Waals surface area contributed by atoms with Crippen molar-refractivity contribution in [3.8, 4) is 0 Å². The van der Waals surface area contributed by atoms with Gasteiger partial charge in [0, 0.05) is 43.7 Å². The van der Waals surface area contributed by atoms with Crippen molar-refractivity contribution in [2.75, 3.05) is 39.9 Å². The van der Waals surface area contributed by atoms with E-state index in [4.69, 9.17) is 4.74 Å². The number of rotatable bonds is 6. The average molecular weight is 377 g/mol. The Morgan fingerprint density at radius 3 is 2.73 bits per heavy atom. The van der Waals surface area contributed by atoms with Crippen LogP contribution in [0.1, 0.15) is 16.5 Å². The molecule has 0 bridgehead atoms. The predicted molar refractivity (Wildman–Crippen MR) is 104 cm³/mol. The van der Waals surface area contributed by atoms with Gasteiger partial charge in [0.05, 0.1) is 19.3 Å². The second kappa shape index (κ2) is 9.66. The van der Waals surface area contributed by atoms with Crippen LogP contribution in [0.2, 0.25) is 0 Å². The summed E-state index contributed by atoms with van der Waals surface area (Å²) >= 11 is 1.76. The summed E-state index contributed by atoms with van der Waals surface area (Å²) in [6, 6.07) is 11.3. The van der Waals surface area contributed by atoms with Crippen LogP contribution in [0.4, 0.5) is 4.39 Å². The van der Waals surface area contributed by atoms with Gasteiger partial charge in [0.15, 0.2) is 5.96 Å². The van der Waals surface area contributed by atoms with E-state index in [1.54, 1.807) is 30.5 Å². The smallest absolute Gasteiger partial charge is 0.191 e. The van der Waals surface area contributed by atoms with Crippen molar-refractivity contribution in [2.45, 2.75) is 12.6 Å². The third-order valence-electron chi connectivity index (χ3n) is 4.45. The number of thiophene rings is 1. The van der Waals surface area contributed by atoms with Gasteiger partial charge in [0.1, 0.15) is 5.82 Å². The lowest BCUT2D eigenvalue weighted by Gasteiger charge is -2.34. The number of benzene rings is 1. The minimum absolute atomic E-state index is 0.208. The Morgan fingerprint density at radius 1 is 1.23 bits per heavy atom. The summed E-state index contributed by atoms with van der Waals surface area (Å²) < 4.78 is 19.3. The number of hydrogen-bond acceptors (Lipinski definition) is 4. The SMILES string of the molecule is CN=C(NCc1ccccc1F)NCC(c1cccs1)N1CCOCC1. The monoisotopic (exact) mass is 376 g/mol. The molecule has 1 aromatic heterocycles. The molecule has 7 heteroatoms.